The maximum Gasteiger partial charge on any atom is 0.0981 e. The third kappa shape index (κ3) is 1.67. The van der Waals surface area contributed by atoms with E-state index in [1.807, 2.05) is 20.0 Å². The Morgan fingerprint density at radius 2 is 2.33 bits per heavy atom. The smallest absolute Gasteiger partial charge is 0.0981 e. The molecule has 12 heavy (non-hydrogen) atoms. The van der Waals surface area contributed by atoms with E-state index in [9.17, 15) is 5.11 Å². The molecular weight excluding hydrogens is 152 g/mol. The summed E-state index contributed by atoms with van der Waals surface area (Å²) in [7, 11) is 1.85. The minimum absolute atomic E-state index is 0.292. The number of aryl methyl sites for hydroxylation is 1. The van der Waals surface area contributed by atoms with E-state index < -0.39 is 0 Å². The van der Waals surface area contributed by atoms with Crippen LogP contribution in [0.25, 0.3) is 0 Å². The van der Waals surface area contributed by atoms with Crippen LogP contribution in [0, 0.1) is 5.92 Å². The van der Waals surface area contributed by atoms with Gasteiger partial charge in [-0.25, -0.2) is 0 Å². The Morgan fingerprint density at radius 1 is 1.67 bits per heavy atom. The minimum Gasteiger partial charge on any atom is -0.387 e. The Morgan fingerprint density at radius 3 is 2.75 bits per heavy atom. The third-order valence-corrected chi connectivity index (χ3v) is 2.34. The summed E-state index contributed by atoms with van der Waals surface area (Å²) in [5.41, 5.74) is 0.893. The molecule has 0 aliphatic rings. The van der Waals surface area contributed by atoms with Crippen LogP contribution in [0.15, 0.2) is 12.3 Å². The molecule has 0 radical (unpaired) electrons. The highest BCUT2D eigenvalue weighted by molar-refractivity contribution is 5.04. The van der Waals surface area contributed by atoms with E-state index in [0.717, 1.165) is 12.1 Å². The molecule has 68 valence electrons. The Bertz CT molecular complexity index is 244. The zero-order chi connectivity index (χ0) is 9.14. The second kappa shape index (κ2) is 3.72. The number of hydrogen-bond acceptors (Lipinski definition) is 2. The van der Waals surface area contributed by atoms with Crippen LogP contribution in [-0.2, 0) is 7.05 Å². The average Bonchev–Trinajstić information content (AvgIpc) is 2.48. The molecule has 1 N–H and O–H groups in total. The fourth-order valence-corrected chi connectivity index (χ4v) is 1.19. The molecule has 1 aromatic heterocycles. The summed E-state index contributed by atoms with van der Waals surface area (Å²) in [4.78, 5) is 0. The number of nitrogens with zero attached hydrogens (tertiary/aromatic N) is 2. The van der Waals surface area contributed by atoms with Crippen molar-refractivity contribution in [2.45, 2.75) is 26.4 Å². The number of aliphatic hydroxyl groups is 1. The standard InChI is InChI=1S/C9H16N2O/c1-4-7(2)9(12)8-5-6-10-11(8)3/h5-7,9,12H,4H2,1-3H3. The monoisotopic (exact) mass is 168 g/mol. The van der Waals surface area contributed by atoms with Crippen molar-refractivity contribution in [3.8, 4) is 0 Å². The number of rotatable bonds is 3. The van der Waals surface area contributed by atoms with E-state index in [-0.39, 0.29) is 6.10 Å². The largest absolute Gasteiger partial charge is 0.387 e. The summed E-state index contributed by atoms with van der Waals surface area (Å²) in [5, 5.41) is 13.8. The molecule has 2 unspecified atom stereocenters. The first-order valence-corrected chi connectivity index (χ1v) is 4.32. The third-order valence-electron chi connectivity index (χ3n) is 2.34. The molecule has 2 atom stereocenters. The van der Waals surface area contributed by atoms with Crippen LogP contribution in [0.4, 0.5) is 0 Å². The van der Waals surface area contributed by atoms with Gasteiger partial charge in [0.25, 0.3) is 0 Å². The van der Waals surface area contributed by atoms with E-state index in [1.165, 1.54) is 0 Å². The van der Waals surface area contributed by atoms with E-state index in [4.69, 9.17) is 0 Å². The van der Waals surface area contributed by atoms with Gasteiger partial charge in [0.15, 0.2) is 0 Å². The van der Waals surface area contributed by atoms with Gasteiger partial charge in [-0.15, -0.1) is 0 Å². The Labute approximate surface area is 73.0 Å². The second-order valence-electron chi connectivity index (χ2n) is 3.21. The molecule has 0 fully saturated rings. The van der Waals surface area contributed by atoms with Gasteiger partial charge >= 0.3 is 0 Å². The molecular formula is C9H16N2O. The lowest BCUT2D eigenvalue weighted by Gasteiger charge is -2.16. The molecule has 3 heteroatoms. The van der Waals surface area contributed by atoms with Gasteiger partial charge in [0.2, 0.25) is 0 Å². The molecule has 1 rings (SSSR count). The predicted molar refractivity (Wildman–Crippen MR) is 47.6 cm³/mol. The van der Waals surface area contributed by atoms with Gasteiger partial charge in [-0.05, 0) is 12.0 Å². The molecule has 1 aromatic rings. The molecule has 1 heterocycles. The van der Waals surface area contributed by atoms with Crippen molar-refractivity contribution in [1.29, 1.82) is 0 Å². The number of aromatic nitrogens is 2. The second-order valence-corrected chi connectivity index (χ2v) is 3.21. The summed E-state index contributed by atoms with van der Waals surface area (Å²) in [5.74, 6) is 0.292. The van der Waals surface area contributed by atoms with Crippen molar-refractivity contribution in [2.24, 2.45) is 13.0 Å². The highest BCUT2D eigenvalue weighted by Crippen LogP contribution is 2.22. The molecule has 0 spiro atoms. The molecule has 3 nitrogen and oxygen atoms in total. The Balaban J connectivity index is 2.77. The van der Waals surface area contributed by atoms with Crippen LogP contribution in [0.5, 0.6) is 0 Å². The molecule has 0 bridgehead atoms. The van der Waals surface area contributed by atoms with Gasteiger partial charge in [0, 0.05) is 13.2 Å². The van der Waals surface area contributed by atoms with Crippen molar-refractivity contribution < 1.29 is 5.11 Å². The molecule has 0 aromatic carbocycles. The fourth-order valence-electron chi connectivity index (χ4n) is 1.19. The maximum absolute atomic E-state index is 9.80. The van der Waals surface area contributed by atoms with Crippen molar-refractivity contribution in [2.75, 3.05) is 0 Å². The van der Waals surface area contributed by atoms with E-state index in [2.05, 4.69) is 12.0 Å². The minimum atomic E-state index is -0.387. The van der Waals surface area contributed by atoms with Crippen LogP contribution in [-0.4, -0.2) is 14.9 Å². The van der Waals surface area contributed by atoms with Crippen LogP contribution in [0.2, 0.25) is 0 Å². The highest BCUT2D eigenvalue weighted by atomic mass is 16.3. The lowest BCUT2D eigenvalue weighted by Crippen LogP contribution is -2.12. The molecule has 0 amide bonds. The Kier molecular flexibility index (Phi) is 2.87. The Hall–Kier alpha value is -0.830. The van der Waals surface area contributed by atoms with Crippen molar-refractivity contribution >= 4 is 0 Å². The molecule has 0 aliphatic carbocycles. The van der Waals surface area contributed by atoms with E-state index >= 15 is 0 Å². The lowest BCUT2D eigenvalue weighted by molar-refractivity contribution is 0.107. The maximum atomic E-state index is 9.80. The van der Waals surface area contributed by atoms with Gasteiger partial charge < -0.3 is 5.11 Å². The van der Waals surface area contributed by atoms with E-state index in [0.29, 0.717) is 5.92 Å². The predicted octanol–water partition coefficient (Wildman–Crippen LogP) is 1.50. The summed E-state index contributed by atoms with van der Waals surface area (Å²) in [6.45, 7) is 4.11. The first-order chi connectivity index (χ1) is 5.66. The van der Waals surface area contributed by atoms with Crippen molar-refractivity contribution in [3.63, 3.8) is 0 Å². The van der Waals surface area contributed by atoms with Crippen LogP contribution in [0.3, 0.4) is 0 Å². The summed E-state index contributed by atoms with van der Waals surface area (Å²) < 4.78 is 1.72. The van der Waals surface area contributed by atoms with Gasteiger partial charge in [-0.3, -0.25) is 4.68 Å². The molecule has 0 saturated heterocycles. The number of hydrogen-bond donors (Lipinski definition) is 1. The summed E-state index contributed by atoms with van der Waals surface area (Å²) in [6, 6.07) is 1.86. The van der Waals surface area contributed by atoms with Crippen LogP contribution >= 0.6 is 0 Å². The van der Waals surface area contributed by atoms with Crippen molar-refractivity contribution in [1.82, 2.24) is 9.78 Å². The normalized spacial score (nSPS) is 16.0. The zero-order valence-electron chi connectivity index (χ0n) is 7.86. The summed E-state index contributed by atoms with van der Waals surface area (Å²) in [6.07, 6.45) is 2.30. The molecule has 0 saturated carbocycles. The highest BCUT2D eigenvalue weighted by Gasteiger charge is 2.16. The molecule has 0 aliphatic heterocycles. The van der Waals surface area contributed by atoms with Gasteiger partial charge in [-0.2, -0.15) is 5.10 Å². The van der Waals surface area contributed by atoms with E-state index in [1.54, 1.807) is 10.9 Å². The van der Waals surface area contributed by atoms with Crippen molar-refractivity contribution in [3.05, 3.63) is 18.0 Å². The quantitative estimate of drug-likeness (QED) is 0.742. The van der Waals surface area contributed by atoms with Crippen LogP contribution in [0.1, 0.15) is 32.1 Å². The SMILES string of the molecule is CCC(C)C(O)c1ccnn1C. The first-order valence-electron chi connectivity index (χ1n) is 4.32. The average molecular weight is 168 g/mol. The first kappa shape index (κ1) is 9.26. The van der Waals surface area contributed by atoms with Gasteiger partial charge in [-0.1, -0.05) is 20.3 Å². The topological polar surface area (TPSA) is 38.1 Å². The van der Waals surface area contributed by atoms with Crippen LogP contribution < -0.4 is 0 Å². The van der Waals surface area contributed by atoms with Gasteiger partial charge in [0.1, 0.15) is 0 Å². The zero-order valence-corrected chi connectivity index (χ0v) is 7.86. The van der Waals surface area contributed by atoms with Gasteiger partial charge in [0.05, 0.1) is 11.8 Å². The lowest BCUT2D eigenvalue weighted by atomic mass is 9.99. The fraction of sp³-hybridized carbons (Fsp3) is 0.667. The number of aliphatic hydroxyl groups excluding tert-OH is 1. The summed E-state index contributed by atoms with van der Waals surface area (Å²) >= 11 is 0.